The maximum absolute atomic E-state index is 12.7. The first-order chi connectivity index (χ1) is 12.1. The molecule has 1 atom stereocenters. The van der Waals surface area contributed by atoms with E-state index in [1.165, 1.54) is 0 Å². The van der Waals surface area contributed by atoms with E-state index in [0.717, 1.165) is 16.6 Å². The van der Waals surface area contributed by atoms with Gasteiger partial charge < -0.3 is 9.73 Å². The van der Waals surface area contributed by atoms with Crippen LogP contribution in [0.2, 0.25) is 5.02 Å². The minimum absolute atomic E-state index is 0.253. The first-order valence-corrected chi connectivity index (χ1v) is 8.22. The number of amides is 1. The molecule has 1 aromatic carbocycles. The summed E-state index contributed by atoms with van der Waals surface area (Å²) in [6, 6.07) is 10.7. The van der Waals surface area contributed by atoms with E-state index in [-0.39, 0.29) is 17.7 Å². The van der Waals surface area contributed by atoms with Gasteiger partial charge in [-0.05, 0) is 32.0 Å². The Kier molecular flexibility index (Phi) is 3.69. The second-order valence-electron chi connectivity index (χ2n) is 5.85. The molecule has 0 aliphatic heterocycles. The van der Waals surface area contributed by atoms with Gasteiger partial charge in [-0.15, -0.1) is 10.2 Å². The van der Waals surface area contributed by atoms with Gasteiger partial charge in [0.1, 0.15) is 0 Å². The molecule has 6 nitrogen and oxygen atoms in total. The monoisotopic (exact) mass is 354 g/mol. The summed E-state index contributed by atoms with van der Waals surface area (Å²) in [7, 11) is 0. The van der Waals surface area contributed by atoms with Crippen LogP contribution in [0.25, 0.3) is 16.6 Å². The topological polar surface area (TPSA) is 72.4 Å². The Balaban J connectivity index is 1.66. The van der Waals surface area contributed by atoms with Gasteiger partial charge >= 0.3 is 0 Å². The third-order valence-electron chi connectivity index (χ3n) is 4.20. The van der Waals surface area contributed by atoms with Gasteiger partial charge in [0.05, 0.1) is 11.1 Å². The molecule has 0 aliphatic rings. The number of furan rings is 1. The molecule has 1 amide bonds. The predicted octanol–water partition coefficient (Wildman–Crippen LogP) is 3.93. The number of aromatic nitrogens is 3. The van der Waals surface area contributed by atoms with Crippen LogP contribution < -0.4 is 5.32 Å². The van der Waals surface area contributed by atoms with Crippen molar-refractivity contribution in [2.45, 2.75) is 19.9 Å². The molecule has 3 aromatic heterocycles. The number of hydrogen-bond acceptors (Lipinski definition) is 4. The largest absolute Gasteiger partial charge is 0.449 e. The molecule has 0 spiro atoms. The summed E-state index contributed by atoms with van der Waals surface area (Å²) in [5.74, 6) is 0.587. The number of benzene rings is 1. The number of nitrogens with zero attached hydrogens (tertiary/aromatic N) is 3. The fourth-order valence-electron chi connectivity index (χ4n) is 2.91. The van der Waals surface area contributed by atoms with Crippen LogP contribution >= 0.6 is 11.6 Å². The van der Waals surface area contributed by atoms with Crippen LogP contribution in [-0.2, 0) is 0 Å². The molecule has 25 heavy (non-hydrogen) atoms. The van der Waals surface area contributed by atoms with Crippen LogP contribution in [0.15, 0.2) is 47.0 Å². The van der Waals surface area contributed by atoms with Gasteiger partial charge in [0.15, 0.2) is 22.8 Å². The van der Waals surface area contributed by atoms with E-state index < -0.39 is 0 Å². The van der Waals surface area contributed by atoms with Crippen LogP contribution in [0.1, 0.15) is 34.9 Å². The zero-order valence-corrected chi connectivity index (χ0v) is 14.4. The van der Waals surface area contributed by atoms with Crippen molar-refractivity contribution in [3.8, 4) is 0 Å². The van der Waals surface area contributed by atoms with E-state index in [9.17, 15) is 4.79 Å². The first kappa shape index (κ1) is 15.7. The van der Waals surface area contributed by atoms with Gasteiger partial charge in [0.25, 0.3) is 5.91 Å². The maximum Gasteiger partial charge on any atom is 0.287 e. The van der Waals surface area contributed by atoms with E-state index in [2.05, 4.69) is 15.5 Å². The van der Waals surface area contributed by atoms with E-state index in [1.54, 1.807) is 6.07 Å². The maximum atomic E-state index is 12.7. The molecular formula is C18H15ClN4O2. The number of hydrogen-bond donors (Lipinski definition) is 1. The van der Waals surface area contributed by atoms with Crippen molar-refractivity contribution in [2.24, 2.45) is 0 Å². The highest BCUT2D eigenvalue weighted by Crippen LogP contribution is 2.30. The SMILES string of the molecule is Cc1c(C(=O)NC(C)c2nnc3ccccn23)oc2c(Cl)cccc12. The lowest BCUT2D eigenvalue weighted by molar-refractivity contribution is 0.0911. The Bertz CT molecular complexity index is 1100. The summed E-state index contributed by atoms with van der Waals surface area (Å²) in [6.45, 7) is 3.69. The molecule has 1 N–H and O–H groups in total. The van der Waals surface area contributed by atoms with Crippen molar-refractivity contribution in [2.75, 3.05) is 0 Å². The Hall–Kier alpha value is -2.86. The minimum Gasteiger partial charge on any atom is -0.449 e. The number of para-hydroxylation sites is 1. The van der Waals surface area contributed by atoms with Crippen molar-refractivity contribution in [1.29, 1.82) is 0 Å². The molecule has 4 rings (SSSR count). The summed E-state index contributed by atoms with van der Waals surface area (Å²) in [5, 5.41) is 12.5. The second-order valence-corrected chi connectivity index (χ2v) is 6.26. The smallest absolute Gasteiger partial charge is 0.287 e. The zero-order chi connectivity index (χ0) is 17.6. The number of carbonyl (C=O) groups is 1. The quantitative estimate of drug-likeness (QED) is 0.605. The third kappa shape index (κ3) is 2.55. The Morgan fingerprint density at radius 2 is 2.08 bits per heavy atom. The average Bonchev–Trinajstić information content (AvgIpc) is 3.18. The predicted molar refractivity (Wildman–Crippen MR) is 94.8 cm³/mol. The van der Waals surface area contributed by atoms with Crippen LogP contribution in [-0.4, -0.2) is 20.5 Å². The molecule has 0 aliphatic carbocycles. The number of nitrogens with one attached hydrogen (secondary N) is 1. The van der Waals surface area contributed by atoms with Crippen LogP contribution in [0.4, 0.5) is 0 Å². The van der Waals surface area contributed by atoms with Crippen molar-refractivity contribution < 1.29 is 9.21 Å². The fraction of sp³-hybridized carbons (Fsp3) is 0.167. The van der Waals surface area contributed by atoms with Gasteiger partial charge in [0, 0.05) is 17.1 Å². The van der Waals surface area contributed by atoms with Crippen LogP contribution in [0, 0.1) is 6.92 Å². The summed E-state index contributed by atoms with van der Waals surface area (Å²) in [4.78, 5) is 12.7. The second kappa shape index (κ2) is 5.89. The molecule has 4 aromatic rings. The highest BCUT2D eigenvalue weighted by Gasteiger charge is 2.22. The van der Waals surface area contributed by atoms with E-state index in [1.807, 2.05) is 54.8 Å². The molecule has 0 radical (unpaired) electrons. The Labute approximate surface area is 148 Å². The molecule has 7 heteroatoms. The van der Waals surface area contributed by atoms with E-state index in [4.69, 9.17) is 16.0 Å². The van der Waals surface area contributed by atoms with Crippen molar-refractivity contribution in [3.05, 3.63) is 64.8 Å². The third-order valence-corrected chi connectivity index (χ3v) is 4.49. The summed E-state index contributed by atoms with van der Waals surface area (Å²) < 4.78 is 7.55. The summed E-state index contributed by atoms with van der Waals surface area (Å²) in [5.41, 5.74) is 2.01. The van der Waals surface area contributed by atoms with Gasteiger partial charge in [-0.25, -0.2) is 0 Å². The van der Waals surface area contributed by atoms with E-state index in [0.29, 0.717) is 16.4 Å². The molecule has 0 saturated heterocycles. The molecule has 0 saturated carbocycles. The Morgan fingerprint density at radius 3 is 2.88 bits per heavy atom. The standard InChI is InChI=1S/C18H15ClN4O2/c1-10-12-6-5-7-13(19)16(12)25-15(10)18(24)20-11(2)17-22-21-14-8-3-4-9-23(14)17/h3-9,11H,1-2H3,(H,20,24). The highest BCUT2D eigenvalue weighted by atomic mass is 35.5. The first-order valence-electron chi connectivity index (χ1n) is 7.84. The lowest BCUT2D eigenvalue weighted by atomic mass is 10.1. The highest BCUT2D eigenvalue weighted by molar-refractivity contribution is 6.35. The van der Waals surface area contributed by atoms with Gasteiger partial charge in [-0.2, -0.15) is 0 Å². The number of rotatable bonds is 3. The number of fused-ring (bicyclic) bond motifs is 2. The van der Waals surface area contributed by atoms with Crippen LogP contribution in [0.3, 0.4) is 0 Å². The molecule has 0 bridgehead atoms. The average molecular weight is 355 g/mol. The summed E-state index contributed by atoms with van der Waals surface area (Å²) >= 11 is 6.15. The fourth-order valence-corrected chi connectivity index (χ4v) is 3.12. The number of halogens is 1. The van der Waals surface area contributed by atoms with Crippen LogP contribution in [0.5, 0.6) is 0 Å². The van der Waals surface area contributed by atoms with Crippen molar-refractivity contribution in [3.63, 3.8) is 0 Å². The number of aryl methyl sites for hydroxylation is 1. The van der Waals surface area contributed by atoms with E-state index >= 15 is 0 Å². The molecule has 0 fully saturated rings. The van der Waals surface area contributed by atoms with Gasteiger partial charge in [-0.1, -0.05) is 29.8 Å². The number of carbonyl (C=O) groups excluding carboxylic acids is 1. The minimum atomic E-state index is -0.340. The lowest BCUT2D eigenvalue weighted by Crippen LogP contribution is -2.28. The van der Waals surface area contributed by atoms with Crippen molar-refractivity contribution in [1.82, 2.24) is 19.9 Å². The molecule has 1 unspecified atom stereocenters. The Morgan fingerprint density at radius 1 is 1.24 bits per heavy atom. The zero-order valence-electron chi connectivity index (χ0n) is 13.7. The van der Waals surface area contributed by atoms with Crippen molar-refractivity contribution >= 4 is 34.1 Å². The molecule has 3 heterocycles. The number of pyridine rings is 1. The molecule has 126 valence electrons. The normalized spacial score (nSPS) is 12.6. The van der Waals surface area contributed by atoms with Gasteiger partial charge in [-0.3, -0.25) is 9.20 Å². The van der Waals surface area contributed by atoms with Gasteiger partial charge in [0.2, 0.25) is 0 Å². The lowest BCUT2D eigenvalue weighted by Gasteiger charge is -2.11. The molecular weight excluding hydrogens is 340 g/mol. The summed E-state index contributed by atoms with van der Waals surface area (Å²) in [6.07, 6.45) is 1.86.